The van der Waals surface area contributed by atoms with Crippen LogP contribution in [0.25, 0.3) is 21.5 Å². The molecular weight excluding hydrogens is 1140 g/mol. The predicted octanol–water partition coefficient (Wildman–Crippen LogP) is 6.09. The van der Waals surface area contributed by atoms with E-state index in [0.29, 0.717) is 35.2 Å². The maximum absolute atomic E-state index is 12.6. The number of benzene rings is 5. The third-order valence-corrected chi connectivity index (χ3v) is 15.0. The van der Waals surface area contributed by atoms with Crippen molar-refractivity contribution in [1.82, 2.24) is 29.9 Å². The Hall–Kier alpha value is -6.35. The molecule has 9 N–H and O–H groups in total. The van der Waals surface area contributed by atoms with Crippen LogP contribution < -0.4 is 20.9 Å². The van der Waals surface area contributed by atoms with Crippen LogP contribution in [-0.2, 0) is 54.0 Å². The molecule has 7 aromatic rings. The highest BCUT2D eigenvalue weighted by Crippen LogP contribution is 2.45. The van der Waals surface area contributed by atoms with Gasteiger partial charge in [-0.1, -0.05) is 23.2 Å². The number of aliphatic hydroxyl groups is 1. The first-order chi connectivity index (χ1) is 35.4. The Balaban J connectivity index is 1.03. The van der Waals surface area contributed by atoms with Crippen molar-refractivity contribution in [3.8, 4) is 5.75 Å². The fourth-order valence-corrected chi connectivity index (χ4v) is 10.7. The molecule has 29 nitrogen and oxygen atoms in total. The summed E-state index contributed by atoms with van der Waals surface area (Å²) in [5.74, 6) is -1.15. The highest BCUT2D eigenvalue weighted by Gasteiger charge is 2.25. The lowest BCUT2D eigenvalue weighted by Crippen LogP contribution is -2.31. The Morgan fingerprint density at radius 1 is 0.707 bits per heavy atom. The molecule has 0 saturated carbocycles. The van der Waals surface area contributed by atoms with E-state index < -0.39 is 74.1 Å². The Kier molecular flexibility index (Phi) is 17.8. The van der Waals surface area contributed by atoms with E-state index in [4.69, 9.17) is 33.0 Å². The number of aromatic hydroxyl groups is 1. The summed E-state index contributed by atoms with van der Waals surface area (Å²) in [6.45, 7) is -0.526. The number of hydrogen-bond acceptors (Lipinski definition) is 27. The average Bonchev–Trinajstić information content (AvgIpc) is 3.32. The first-order valence-corrected chi connectivity index (χ1v) is 28.1. The molecule has 0 unspecified atom stereocenters. The number of phenols is 1. The molecule has 0 saturated heterocycles. The van der Waals surface area contributed by atoms with Gasteiger partial charge >= 0.3 is 10.4 Å². The molecule has 0 radical (unpaired) electrons. The van der Waals surface area contributed by atoms with Gasteiger partial charge in [-0.2, -0.15) is 55.2 Å². The fraction of sp³-hybridized carbons (Fsp3) is 0.179. The normalized spacial score (nSPS) is 12.4. The van der Waals surface area contributed by atoms with Gasteiger partial charge < -0.3 is 31.1 Å². The summed E-state index contributed by atoms with van der Waals surface area (Å²) in [6.07, 6.45) is 0.381. The number of halogens is 2. The SMILES string of the molecule is O=S(=O)(O)OCCS(=O)(=O)c1ccc(Nc2nc(Cl)nc(N(CCO)CCCNc3nc(Cl)nc(Nc4ccc5c(O)c(N=Nc6ccc7c(S(=O)(=O)O)cccc7c6S(=O)(=O)O)c(SOOO)cc5c4)n3)n2)cc1. The summed E-state index contributed by atoms with van der Waals surface area (Å²) in [5, 5.41) is 50.3. The van der Waals surface area contributed by atoms with Gasteiger partial charge in [0.05, 0.1) is 40.8 Å². The van der Waals surface area contributed by atoms with Gasteiger partial charge in [-0.15, -0.1) is 14.6 Å². The lowest BCUT2D eigenvalue weighted by Gasteiger charge is -2.22. The van der Waals surface area contributed by atoms with E-state index >= 15 is 0 Å². The number of anilines is 6. The van der Waals surface area contributed by atoms with Crippen molar-refractivity contribution in [3.63, 3.8) is 0 Å². The number of rotatable bonds is 24. The fourth-order valence-electron chi connectivity index (χ4n) is 6.91. The second-order valence-electron chi connectivity index (χ2n) is 15.0. The molecule has 0 aliphatic heterocycles. The van der Waals surface area contributed by atoms with Gasteiger partial charge in [0.25, 0.3) is 20.2 Å². The number of fused-ring (bicyclic) bond motifs is 2. The monoisotopic (exact) mass is 1170 g/mol. The minimum Gasteiger partial charge on any atom is -0.505 e. The summed E-state index contributed by atoms with van der Waals surface area (Å²) in [5.41, 5.74) is -0.128. The lowest BCUT2D eigenvalue weighted by atomic mass is 10.1. The lowest BCUT2D eigenvalue weighted by molar-refractivity contribution is -0.432. The summed E-state index contributed by atoms with van der Waals surface area (Å²) in [4.78, 5) is 25.1. The van der Waals surface area contributed by atoms with Gasteiger partial charge in [-0.3, -0.25) is 13.7 Å². The van der Waals surface area contributed by atoms with E-state index in [1.165, 1.54) is 48.5 Å². The van der Waals surface area contributed by atoms with Crippen LogP contribution in [0, 0.1) is 0 Å². The third-order valence-electron chi connectivity index (χ3n) is 10.0. The number of nitrogens with one attached hydrogen (secondary N) is 3. The molecule has 0 aliphatic carbocycles. The van der Waals surface area contributed by atoms with Gasteiger partial charge in [0.2, 0.25) is 34.4 Å². The predicted molar refractivity (Wildman–Crippen MR) is 269 cm³/mol. The third kappa shape index (κ3) is 14.7. The minimum absolute atomic E-state index is 0.0184. The molecule has 398 valence electrons. The maximum Gasteiger partial charge on any atom is 0.397 e. The van der Waals surface area contributed by atoms with Crippen molar-refractivity contribution in [2.75, 3.05) is 59.5 Å². The van der Waals surface area contributed by atoms with Crippen molar-refractivity contribution < 1.29 is 76.4 Å². The smallest absolute Gasteiger partial charge is 0.397 e. The Morgan fingerprint density at radius 2 is 1.37 bits per heavy atom. The van der Waals surface area contributed by atoms with E-state index in [2.05, 4.69) is 69.6 Å². The standard InChI is InChI=1S/C39H36Cl2N12O17S5/c40-34-45-36(42-13-2-14-53(15-16-54)39-48-35(41)47-38(50-39)43-22-5-8-24(9-6-22)72(57,58)18-17-68-75(65,66)67)49-37(46-34)44-23-7-10-25-21(19-23)20-29(71-70-69-56)31(32(25)55)52-51-28-12-11-26-27(33(28)74(62,63)64)3-1-4-30(26)73(59,60)61/h1,3-12,19-20,54-56H,2,13-18H2,(H,59,60,61)(H,62,63,64)(H,65,66,67)(H,43,47,48,50)(H2,42,44,45,46,49). The highest BCUT2D eigenvalue weighted by atomic mass is 35.5. The second kappa shape index (κ2) is 23.7. The van der Waals surface area contributed by atoms with Crippen LogP contribution >= 0.6 is 35.2 Å². The number of aliphatic hydroxyl groups excluding tert-OH is 1. The van der Waals surface area contributed by atoms with E-state index in [1.807, 2.05) is 0 Å². The van der Waals surface area contributed by atoms with Crippen LogP contribution in [0.1, 0.15) is 6.42 Å². The zero-order valence-corrected chi connectivity index (χ0v) is 43.0. The number of nitrogens with zero attached hydrogens (tertiary/aromatic N) is 9. The Morgan fingerprint density at radius 3 is 2.05 bits per heavy atom. The number of phenolic OH excluding ortho intramolecular Hbond substituents is 1. The van der Waals surface area contributed by atoms with Gasteiger partial charge in [0.1, 0.15) is 21.2 Å². The number of aromatic nitrogens is 6. The Labute approximate surface area is 438 Å². The minimum atomic E-state index is -5.12. The van der Waals surface area contributed by atoms with Gasteiger partial charge in [0, 0.05) is 47.2 Å². The van der Waals surface area contributed by atoms with E-state index in [9.17, 15) is 53.0 Å². The second-order valence-corrected chi connectivity index (χ2v) is 22.3. The van der Waals surface area contributed by atoms with Crippen molar-refractivity contribution in [2.24, 2.45) is 10.2 Å². The van der Waals surface area contributed by atoms with E-state index in [0.717, 1.165) is 24.3 Å². The zero-order valence-electron chi connectivity index (χ0n) is 37.5. The van der Waals surface area contributed by atoms with Crippen molar-refractivity contribution >= 4 is 144 Å². The number of hydrogen-bond donors (Lipinski definition) is 9. The number of azo groups is 1. The van der Waals surface area contributed by atoms with Gasteiger partial charge in [0.15, 0.2) is 15.6 Å². The van der Waals surface area contributed by atoms with E-state index in [1.54, 1.807) is 11.0 Å². The van der Waals surface area contributed by atoms with Crippen molar-refractivity contribution in [2.45, 2.75) is 26.0 Å². The highest BCUT2D eigenvalue weighted by molar-refractivity contribution is 7.94. The summed E-state index contributed by atoms with van der Waals surface area (Å²) in [6, 6.07) is 16.7. The van der Waals surface area contributed by atoms with Crippen molar-refractivity contribution in [1.29, 1.82) is 0 Å². The van der Waals surface area contributed by atoms with Gasteiger partial charge in [-0.25, -0.2) is 17.9 Å². The molecule has 0 amide bonds. The van der Waals surface area contributed by atoms with Gasteiger partial charge in [-0.05, 0) is 95.7 Å². The molecule has 0 bridgehead atoms. The van der Waals surface area contributed by atoms with Crippen LogP contribution in [0.3, 0.4) is 0 Å². The first-order valence-electron chi connectivity index (χ1n) is 20.7. The summed E-state index contributed by atoms with van der Waals surface area (Å²) < 4.78 is 133. The molecule has 75 heavy (non-hydrogen) atoms. The van der Waals surface area contributed by atoms with Crippen LogP contribution in [0.5, 0.6) is 5.75 Å². The molecule has 2 heterocycles. The molecular formula is C39H36Cl2N12O17S5. The zero-order chi connectivity index (χ0) is 54.3. The van der Waals surface area contributed by atoms with Crippen LogP contribution in [0.2, 0.25) is 10.6 Å². The average molecular weight is 1180 g/mol. The van der Waals surface area contributed by atoms with Crippen LogP contribution in [-0.4, -0.2) is 131 Å². The molecule has 7 rings (SSSR count). The molecule has 36 heteroatoms. The van der Waals surface area contributed by atoms with Crippen molar-refractivity contribution in [3.05, 3.63) is 89.4 Å². The molecule has 0 spiro atoms. The first kappa shape index (κ1) is 56.4. The summed E-state index contributed by atoms with van der Waals surface area (Å²) >= 11 is 12.8. The molecule has 5 aromatic carbocycles. The quantitative estimate of drug-likeness (QED) is 0.00824. The molecule has 0 fully saturated rings. The summed E-state index contributed by atoms with van der Waals surface area (Å²) in [7, 11) is -18.8. The van der Waals surface area contributed by atoms with Crippen LogP contribution in [0.4, 0.5) is 46.5 Å². The largest absolute Gasteiger partial charge is 0.505 e. The molecule has 2 aromatic heterocycles. The topological polar surface area (TPSA) is 427 Å². The van der Waals surface area contributed by atoms with Crippen LogP contribution in [0.15, 0.2) is 109 Å². The van der Waals surface area contributed by atoms with E-state index in [-0.39, 0.29) is 92.2 Å². The molecule has 0 aliphatic rings. The Bertz CT molecular complexity index is 3780. The molecule has 0 atom stereocenters. The number of sulfone groups is 1. The maximum atomic E-state index is 12.6.